The van der Waals surface area contributed by atoms with Crippen molar-refractivity contribution in [3.63, 3.8) is 0 Å². The smallest absolute Gasteiger partial charge is 0.321 e. The summed E-state index contributed by atoms with van der Waals surface area (Å²) in [4.78, 5) is 10.2. The molecule has 0 aliphatic heterocycles. The fourth-order valence-corrected chi connectivity index (χ4v) is 0.473. The summed E-state index contributed by atoms with van der Waals surface area (Å²) in [5, 5.41) is 0. The van der Waals surface area contributed by atoms with E-state index < -0.39 is 14.2 Å². The van der Waals surface area contributed by atoms with Crippen molar-refractivity contribution in [2.45, 2.75) is 0 Å². The zero-order valence-electron chi connectivity index (χ0n) is 5.36. The van der Waals surface area contributed by atoms with E-state index in [1.165, 1.54) is 7.11 Å². The van der Waals surface area contributed by atoms with Gasteiger partial charge in [-0.2, -0.15) is 4.52 Å². The predicted octanol–water partition coefficient (Wildman–Crippen LogP) is -0.210. The standard InChI is InChI=1S/C3H7NO4P.Zr/c1-7-9(6)8-3(5)2-4;/h2,4H2,1H3;/q+1;. The van der Waals surface area contributed by atoms with Crippen molar-refractivity contribution >= 4 is 14.2 Å². The number of rotatable bonds is 3. The molecule has 0 rings (SSSR count). The molecule has 0 aliphatic carbocycles. The van der Waals surface area contributed by atoms with Gasteiger partial charge in [-0.05, 0) is 0 Å². The maximum absolute atomic E-state index is 10.2. The molecular formula is C3H7NO4PZr+. The Kier molecular flexibility index (Phi) is 9.72. The summed E-state index contributed by atoms with van der Waals surface area (Å²) in [6, 6.07) is 0. The molecule has 1 atom stereocenters. The molecule has 0 aromatic heterocycles. The Morgan fingerprint density at radius 3 is 2.50 bits per heavy atom. The van der Waals surface area contributed by atoms with Crippen molar-refractivity contribution in [1.29, 1.82) is 0 Å². The minimum atomic E-state index is -2.30. The number of hydrogen-bond acceptors (Lipinski definition) is 5. The molecule has 0 fully saturated rings. The fourth-order valence-electron chi connectivity index (χ4n) is 0.158. The van der Waals surface area contributed by atoms with Crippen LogP contribution in [0.1, 0.15) is 0 Å². The molecular weight excluding hydrogens is 236 g/mol. The van der Waals surface area contributed by atoms with E-state index in [1.807, 2.05) is 0 Å². The molecule has 5 nitrogen and oxygen atoms in total. The molecule has 0 heterocycles. The summed E-state index contributed by atoms with van der Waals surface area (Å²) in [6.07, 6.45) is 0. The van der Waals surface area contributed by atoms with Crippen LogP contribution in [0.5, 0.6) is 0 Å². The molecule has 7 heteroatoms. The van der Waals surface area contributed by atoms with Gasteiger partial charge < -0.3 is 5.73 Å². The Labute approximate surface area is 78.3 Å². The second-order valence-electron chi connectivity index (χ2n) is 1.07. The molecule has 0 amide bonds. The largest absolute Gasteiger partial charge is 0.752 e. The molecule has 56 valence electrons. The first-order valence-electron chi connectivity index (χ1n) is 2.13. The first kappa shape index (κ1) is 13.0. The Morgan fingerprint density at radius 1 is 1.70 bits per heavy atom. The van der Waals surface area contributed by atoms with E-state index in [4.69, 9.17) is 5.73 Å². The fraction of sp³-hybridized carbons (Fsp3) is 0.667. The first-order chi connectivity index (χ1) is 4.20. The molecule has 0 saturated heterocycles. The maximum Gasteiger partial charge on any atom is 0.752 e. The van der Waals surface area contributed by atoms with Crippen LogP contribution in [0, 0.1) is 0 Å². The minimum absolute atomic E-state index is 0. The molecule has 0 radical (unpaired) electrons. The molecule has 0 saturated carbocycles. The van der Waals surface area contributed by atoms with E-state index in [0.29, 0.717) is 0 Å². The monoisotopic (exact) mass is 242 g/mol. The number of hydrogen-bond donors (Lipinski definition) is 1. The van der Waals surface area contributed by atoms with Gasteiger partial charge >= 0.3 is 14.2 Å². The Morgan fingerprint density at radius 2 is 2.20 bits per heavy atom. The van der Waals surface area contributed by atoms with Gasteiger partial charge in [0.05, 0.1) is 13.7 Å². The predicted molar refractivity (Wildman–Crippen MR) is 29.8 cm³/mol. The van der Waals surface area contributed by atoms with Gasteiger partial charge in [-0.3, -0.25) is 0 Å². The van der Waals surface area contributed by atoms with Crippen LogP contribution in [-0.2, 0) is 44.6 Å². The third-order valence-corrected chi connectivity index (χ3v) is 1.14. The van der Waals surface area contributed by atoms with Gasteiger partial charge in [0.1, 0.15) is 0 Å². The molecule has 2 N–H and O–H groups in total. The van der Waals surface area contributed by atoms with Gasteiger partial charge in [-0.15, -0.1) is 4.52 Å². The van der Waals surface area contributed by atoms with Crippen molar-refractivity contribution in [2.24, 2.45) is 5.73 Å². The summed E-state index contributed by atoms with van der Waals surface area (Å²) in [6.45, 7) is -0.287. The van der Waals surface area contributed by atoms with Crippen LogP contribution in [0.3, 0.4) is 0 Å². The first-order valence-corrected chi connectivity index (χ1v) is 3.22. The van der Waals surface area contributed by atoms with E-state index >= 15 is 0 Å². The van der Waals surface area contributed by atoms with E-state index in [-0.39, 0.29) is 32.7 Å². The average Bonchev–Trinajstić information content (AvgIpc) is 1.87. The van der Waals surface area contributed by atoms with Gasteiger partial charge in [0.2, 0.25) is 0 Å². The van der Waals surface area contributed by atoms with Crippen LogP contribution in [0.2, 0.25) is 0 Å². The molecule has 0 aliphatic rings. The van der Waals surface area contributed by atoms with E-state index in [0.717, 1.165) is 0 Å². The molecule has 0 aromatic rings. The van der Waals surface area contributed by atoms with Crippen molar-refractivity contribution in [1.82, 2.24) is 0 Å². The van der Waals surface area contributed by atoms with Crippen molar-refractivity contribution in [3.8, 4) is 0 Å². The van der Waals surface area contributed by atoms with Crippen LogP contribution >= 0.6 is 8.25 Å². The van der Waals surface area contributed by atoms with E-state index in [1.54, 1.807) is 0 Å². The van der Waals surface area contributed by atoms with Crippen molar-refractivity contribution < 1.29 is 44.6 Å². The van der Waals surface area contributed by atoms with Gasteiger partial charge in [0.25, 0.3) is 0 Å². The van der Waals surface area contributed by atoms with E-state index in [9.17, 15) is 9.36 Å². The molecule has 0 bridgehead atoms. The average molecular weight is 243 g/mol. The second-order valence-corrected chi connectivity index (χ2v) is 2.07. The maximum atomic E-state index is 10.2. The Bertz CT molecular complexity index is 116. The van der Waals surface area contributed by atoms with Crippen molar-refractivity contribution in [2.75, 3.05) is 13.7 Å². The Hall–Kier alpha value is 0.373. The summed E-state index contributed by atoms with van der Waals surface area (Å²) in [5.74, 6) is -0.738. The third-order valence-electron chi connectivity index (χ3n) is 0.492. The minimum Gasteiger partial charge on any atom is -0.321 e. The van der Waals surface area contributed by atoms with Crippen LogP contribution in [0.4, 0.5) is 0 Å². The number of carbonyl (C=O) groups excluding carboxylic acids is 1. The van der Waals surface area contributed by atoms with Crippen LogP contribution in [0.15, 0.2) is 0 Å². The van der Waals surface area contributed by atoms with Crippen LogP contribution in [-0.4, -0.2) is 19.6 Å². The summed E-state index contributed by atoms with van der Waals surface area (Å²) in [5.41, 5.74) is 4.82. The molecule has 0 aromatic carbocycles. The Balaban J connectivity index is 0. The molecule has 0 spiro atoms. The normalized spacial score (nSPS) is 9.60. The van der Waals surface area contributed by atoms with Crippen LogP contribution in [0.25, 0.3) is 0 Å². The summed E-state index contributed by atoms with van der Waals surface area (Å²) in [7, 11) is -1.13. The molecule has 10 heavy (non-hydrogen) atoms. The van der Waals surface area contributed by atoms with Gasteiger partial charge in [-0.25, -0.2) is 4.79 Å². The zero-order valence-corrected chi connectivity index (χ0v) is 8.72. The number of nitrogens with two attached hydrogens (primary N) is 1. The summed E-state index contributed by atoms with van der Waals surface area (Å²) >= 11 is 0. The second kappa shape index (κ2) is 7.48. The zero-order chi connectivity index (χ0) is 7.28. The SMILES string of the molecule is CO[P+](=O)OC(=O)CN.[Zr]. The topological polar surface area (TPSA) is 78.6 Å². The number of carbonyl (C=O) groups is 1. The van der Waals surface area contributed by atoms with Gasteiger partial charge in [0.15, 0.2) is 0 Å². The van der Waals surface area contributed by atoms with E-state index in [2.05, 4.69) is 9.05 Å². The quantitative estimate of drug-likeness (QED) is 0.694. The van der Waals surface area contributed by atoms with Crippen LogP contribution < -0.4 is 5.73 Å². The van der Waals surface area contributed by atoms with Gasteiger partial charge in [-0.1, -0.05) is 0 Å². The van der Waals surface area contributed by atoms with Crippen molar-refractivity contribution in [3.05, 3.63) is 0 Å². The summed E-state index contributed by atoms with van der Waals surface area (Å²) < 4.78 is 18.4. The third kappa shape index (κ3) is 6.49. The molecule has 1 unspecified atom stereocenters. The van der Waals surface area contributed by atoms with Gasteiger partial charge in [0, 0.05) is 30.8 Å².